The molecule has 0 N–H and O–H groups in total. The predicted octanol–water partition coefficient (Wildman–Crippen LogP) is 4.19. The maximum Gasteiger partial charge on any atom is 0.134 e. The van der Waals surface area contributed by atoms with E-state index in [1.54, 1.807) is 0 Å². The lowest BCUT2D eigenvalue weighted by molar-refractivity contribution is 0.572. The molecule has 4 nitrogen and oxygen atoms in total. The molecule has 0 spiro atoms. The number of anilines is 2. The van der Waals surface area contributed by atoms with Crippen molar-refractivity contribution in [2.75, 3.05) is 22.9 Å². The fourth-order valence-electron chi connectivity index (χ4n) is 3.28. The Morgan fingerprint density at radius 1 is 1.04 bits per heavy atom. The predicted molar refractivity (Wildman–Crippen MR) is 101 cm³/mol. The van der Waals surface area contributed by atoms with Crippen LogP contribution in [0.2, 0.25) is 0 Å². The van der Waals surface area contributed by atoms with E-state index >= 15 is 0 Å². The summed E-state index contributed by atoms with van der Waals surface area (Å²) in [6.07, 6.45) is 3.85. The molecule has 0 saturated carbocycles. The van der Waals surface area contributed by atoms with E-state index in [2.05, 4.69) is 60.0 Å². The van der Waals surface area contributed by atoms with Crippen molar-refractivity contribution >= 4 is 11.6 Å². The Labute approximate surface area is 145 Å². The van der Waals surface area contributed by atoms with Gasteiger partial charge in [-0.2, -0.15) is 0 Å². The van der Waals surface area contributed by atoms with E-state index in [-0.39, 0.29) is 0 Å². The molecule has 1 fully saturated rings. The second-order valence-electron chi connectivity index (χ2n) is 6.89. The molecule has 0 atom stereocenters. The standard InChI is InChI=1S/C20H28N4/c1-16(2)24(15-18-10-6-4-7-11-18)20-14-19(21-17(3)22-20)23-12-8-5-9-13-23/h4,6-7,10-11,14,16H,5,8-9,12-13,15H2,1-3H3. The Morgan fingerprint density at radius 2 is 1.75 bits per heavy atom. The van der Waals surface area contributed by atoms with Crippen LogP contribution in [0.5, 0.6) is 0 Å². The molecule has 0 bridgehead atoms. The minimum Gasteiger partial charge on any atom is -0.356 e. The van der Waals surface area contributed by atoms with Gasteiger partial charge in [-0.15, -0.1) is 0 Å². The average Bonchev–Trinajstić information content (AvgIpc) is 2.60. The van der Waals surface area contributed by atoms with E-state index in [4.69, 9.17) is 9.97 Å². The van der Waals surface area contributed by atoms with Crippen LogP contribution < -0.4 is 9.80 Å². The monoisotopic (exact) mass is 324 g/mol. The fourth-order valence-corrected chi connectivity index (χ4v) is 3.28. The van der Waals surface area contributed by atoms with Crippen molar-refractivity contribution in [3.05, 3.63) is 47.8 Å². The topological polar surface area (TPSA) is 32.3 Å². The van der Waals surface area contributed by atoms with Crippen molar-refractivity contribution in [1.29, 1.82) is 0 Å². The second-order valence-corrected chi connectivity index (χ2v) is 6.89. The van der Waals surface area contributed by atoms with Gasteiger partial charge in [-0.1, -0.05) is 30.3 Å². The molecular weight excluding hydrogens is 296 g/mol. The fraction of sp³-hybridized carbons (Fsp3) is 0.500. The van der Waals surface area contributed by atoms with Crippen molar-refractivity contribution < 1.29 is 0 Å². The lowest BCUT2D eigenvalue weighted by Gasteiger charge is -2.31. The molecule has 128 valence electrons. The van der Waals surface area contributed by atoms with E-state index in [9.17, 15) is 0 Å². The number of aryl methyl sites for hydroxylation is 1. The zero-order valence-corrected chi connectivity index (χ0v) is 15.1. The van der Waals surface area contributed by atoms with Gasteiger partial charge in [-0.05, 0) is 45.6 Å². The maximum absolute atomic E-state index is 4.73. The van der Waals surface area contributed by atoms with E-state index in [1.165, 1.54) is 24.8 Å². The summed E-state index contributed by atoms with van der Waals surface area (Å²) in [7, 11) is 0. The molecule has 3 rings (SSSR count). The molecule has 2 heterocycles. The van der Waals surface area contributed by atoms with Crippen LogP contribution in [0.25, 0.3) is 0 Å². The van der Waals surface area contributed by atoms with Gasteiger partial charge in [0.05, 0.1) is 0 Å². The molecule has 0 aliphatic carbocycles. The van der Waals surface area contributed by atoms with Gasteiger partial charge < -0.3 is 9.80 Å². The highest BCUT2D eigenvalue weighted by Crippen LogP contribution is 2.24. The van der Waals surface area contributed by atoms with Gasteiger partial charge in [-0.25, -0.2) is 9.97 Å². The lowest BCUT2D eigenvalue weighted by atomic mass is 10.1. The molecule has 1 aromatic heterocycles. The first kappa shape index (κ1) is 16.7. The number of hydrogen-bond acceptors (Lipinski definition) is 4. The van der Waals surface area contributed by atoms with Gasteiger partial charge in [0, 0.05) is 31.7 Å². The SMILES string of the molecule is Cc1nc(N2CCCCC2)cc(N(Cc2ccccc2)C(C)C)n1. The number of benzene rings is 1. The third kappa shape index (κ3) is 4.05. The number of rotatable bonds is 5. The molecule has 4 heteroatoms. The molecule has 1 aromatic carbocycles. The molecule has 0 amide bonds. The zero-order valence-electron chi connectivity index (χ0n) is 15.1. The van der Waals surface area contributed by atoms with Crippen molar-refractivity contribution in [2.45, 2.75) is 52.6 Å². The first-order chi connectivity index (χ1) is 11.6. The number of piperidine rings is 1. The zero-order chi connectivity index (χ0) is 16.9. The van der Waals surface area contributed by atoms with Gasteiger partial charge in [0.15, 0.2) is 0 Å². The Hall–Kier alpha value is -2.10. The third-order valence-corrected chi connectivity index (χ3v) is 4.60. The third-order valence-electron chi connectivity index (χ3n) is 4.60. The summed E-state index contributed by atoms with van der Waals surface area (Å²) in [6, 6.07) is 13.2. The maximum atomic E-state index is 4.73. The van der Waals surface area contributed by atoms with Gasteiger partial charge in [-0.3, -0.25) is 0 Å². The number of nitrogens with zero attached hydrogens (tertiary/aromatic N) is 4. The summed E-state index contributed by atoms with van der Waals surface area (Å²) >= 11 is 0. The molecule has 1 saturated heterocycles. The van der Waals surface area contributed by atoms with Crippen molar-refractivity contribution in [2.24, 2.45) is 0 Å². The largest absolute Gasteiger partial charge is 0.356 e. The average molecular weight is 324 g/mol. The molecule has 1 aliphatic rings. The van der Waals surface area contributed by atoms with E-state index in [0.717, 1.165) is 37.1 Å². The van der Waals surface area contributed by atoms with Crippen LogP contribution in [0.4, 0.5) is 11.6 Å². The van der Waals surface area contributed by atoms with Crippen LogP contribution in [-0.2, 0) is 6.54 Å². The van der Waals surface area contributed by atoms with Crippen molar-refractivity contribution in [3.8, 4) is 0 Å². The Balaban J connectivity index is 1.88. The Morgan fingerprint density at radius 3 is 2.42 bits per heavy atom. The molecule has 24 heavy (non-hydrogen) atoms. The molecule has 0 unspecified atom stereocenters. The summed E-state index contributed by atoms with van der Waals surface area (Å²) in [4.78, 5) is 14.2. The Bertz CT molecular complexity index is 648. The second kappa shape index (κ2) is 7.65. The normalized spacial score (nSPS) is 14.9. The summed E-state index contributed by atoms with van der Waals surface area (Å²) in [6.45, 7) is 9.53. The van der Waals surface area contributed by atoms with Gasteiger partial charge in [0.1, 0.15) is 17.5 Å². The number of hydrogen-bond donors (Lipinski definition) is 0. The van der Waals surface area contributed by atoms with Crippen LogP contribution in [-0.4, -0.2) is 29.1 Å². The van der Waals surface area contributed by atoms with Crippen molar-refractivity contribution in [3.63, 3.8) is 0 Å². The minimum atomic E-state index is 0.383. The molecule has 2 aromatic rings. The smallest absolute Gasteiger partial charge is 0.134 e. The van der Waals surface area contributed by atoms with Crippen LogP contribution in [0, 0.1) is 6.92 Å². The summed E-state index contributed by atoms with van der Waals surface area (Å²) in [5.74, 6) is 2.96. The van der Waals surface area contributed by atoms with Crippen LogP contribution in [0.15, 0.2) is 36.4 Å². The first-order valence-corrected chi connectivity index (χ1v) is 9.04. The van der Waals surface area contributed by atoms with Gasteiger partial charge >= 0.3 is 0 Å². The van der Waals surface area contributed by atoms with Gasteiger partial charge in [0.2, 0.25) is 0 Å². The summed E-state index contributed by atoms with van der Waals surface area (Å²) < 4.78 is 0. The lowest BCUT2D eigenvalue weighted by Crippen LogP contribution is -2.33. The van der Waals surface area contributed by atoms with Crippen LogP contribution >= 0.6 is 0 Å². The van der Waals surface area contributed by atoms with E-state index < -0.39 is 0 Å². The highest BCUT2D eigenvalue weighted by Gasteiger charge is 2.18. The number of aromatic nitrogens is 2. The minimum absolute atomic E-state index is 0.383. The first-order valence-electron chi connectivity index (χ1n) is 9.04. The highest BCUT2D eigenvalue weighted by molar-refractivity contribution is 5.52. The molecule has 0 radical (unpaired) electrons. The summed E-state index contributed by atoms with van der Waals surface area (Å²) in [5, 5.41) is 0. The molecule has 1 aliphatic heterocycles. The molecular formula is C20H28N4. The van der Waals surface area contributed by atoms with Crippen molar-refractivity contribution in [1.82, 2.24) is 9.97 Å². The van der Waals surface area contributed by atoms with Crippen LogP contribution in [0.1, 0.15) is 44.5 Å². The van der Waals surface area contributed by atoms with Gasteiger partial charge in [0.25, 0.3) is 0 Å². The summed E-state index contributed by atoms with van der Waals surface area (Å²) in [5.41, 5.74) is 1.31. The quantitative estimate of drug-likeness (QED) is 0.825. The van der Waals surface area contributed by atoms with Crippen LogP contribution in [0.3, 0.4) is 0 Å². The Kier molecular flexibility index (Phi) is 5.34. The van der Waals surface area contributed by atoms with E-state index in [1.807, 2.05) is 6.92 Å². The highest BCUT2D eigenvalue weighted by atomic mass is 15.2. The van der Waals surface area contributed by atoms with E-state index in [0.29, 0.717) is 6.04 Å².